The molecule has 17 heteroatoms. The summed E-state index contributed by atoms with van der Waals surface area (Å²) in [5.74, 6) is -2.90. The van der Waals surface area contributed by atoms with Crippen molar-refractivity contribution < 1.29 is 78.9 Å². The van der Waals surface area contributed by atoms with Crippen LogP contribution in [-0.2, 0) is 23.7 Å². The third kappa shape index (κ3) is 7.92. The number of hydrogen-bond donors (Lipinski definition) is 9. The molecule has 2 fully saturated rings. The van der Waals surface area contributed by atoms with Crippen LogP contribution >= 0.6 is 0 Å². The SMILES string of the molecule is CC1OC(Oc2c(-c3ccc(O)cc3)oc3cc(O)cc(O)c3c2=O)C(OC2OC(COC(=O)C=Cc3ccc(O)cc3)C(O)C(O)C2O)C(O)C1O. The van der Waals surface area contributed by atoms with E-state index in [2.05, 4.69) is 0 Å². The number of phenols is 4. The van der Waals surface area contributed by atoms with Crippen molar-refractivity contribution in [2.24, 2.45) is 0 Å². The van der Waals surface area contributed by atoms with Gasteiger partial charge in [0.2, 0.25) is 17.5 Å². The lowest BCUT2D eigenvalue weighted by Gasteiger charge is -2.45. The number of phenolic OH excluding ortho intramolecular Hbond substituents is 4. The molecule has 9 N–H and O–H groups in total. The van der Waals surface area contributed by atoms with Crippen LogP contribution in [0, 0.1) is 0 Å². The third-order valence-electron chi connectivity index (χ3n) is 8.72. The van der Waals surface area contributed by atoms with Gasteiger partial charge in [-0.15, -0.1) is 0 Å². The Kier molecular flexibility index (Phi) is 10.9. The molecular formula is C36H36O17. The van der Waals surface area contributed by atoms with Gasteiger partial charge in [-0.25, -0.2) is 4.79 Å². The molecule has 0 aliphatic carbocycles. The number of aliphatic hydroxyl groups excluding tert-OH is 5. The lowest BCUT2D eigenvalue weighted by atomic mass is 9.97. The molecule has 0 spiro atoms. The average Bonchev–Trinajstić information content (AvgIpc) is 3.12. The van der Waals surface area contributed by atoms with Crippen molar-refractivity contribution in [3.63, 3.8) is 0 Å². The number of carbonyl (C=O) groups is 1. The monoisotopic (exact) mass is 740 g/mol. The maximum Gasteiger partial charge on any atom is 0.330 e. The number of ether oxygens (including phenoxy) is 5. The topological polar surface area (TPSA) is 275 Å². The van der Waals surface area contributed by atoms with Crippen LogP contribution in [0.15, 0.2) is 76.0 Å². The summed E-state index contributed by atoms with van der Waals surface area (Å²) in [5, 5.41) is 93.4. The van der Waals surface area contributed by atoms with Crippen molar-refractivity contribution in [2.45, 2.75) is 68.3 Å². The van der Waals surface area contributed by atoms with E-state index in [0.717, 1.165) is 18.2 Å². The number of carbonyl (C=O) groups excluding carboxylic acids is 1. The van der Waals surface area contributed by atoms with Crippen molar-refractivity contribution in [3.05, 3.63) is 82.5 Å². The minimum Gasteiger partial charge on any atom is -0.508 e. The molecule has 2 aliphatic rings. The van der Waals surface area contributed by atoms with Gasteiger partial charge in [-0.1, -0.05) is 12.1 Å². The highest BCUT2D eigenvalue weighted by molar-refractivity contribution is 5.88. The highest BCUT2D eigenvalue weighted by atomic mass is 16.8. The molecule has 2 aliphatic heterocycles. The second-order valence-electron chi connectivity index (χ2n) is 12.5. The van der Waals surface area contributed by atoms with E-state index in [1.54, 1.807) is 12.1 Å². The number of rotatable bonds is 9. The molecular weight excluding hydrogens is 704 g/mol. The highest BCUT2D eigenvalue weighted by Crippen LogP contribution is 2.38. The van der Waals surface area contributed by atoms with E-state index < -0.39 is 102 Å². The molecule has 0 amide bonds. The molecule has 17 nitrogen and oxygen atoms in total. The predicted molar refractivity (Wildman–Crippen MR) is 180 cm³/mol. The van der Waals surface area contributed by atoms with E-state index in [4.69, 9.17) is 28.1 Å². The molecule has 4 aromatic rings. The Bertz CT molecular complexity index is 2010. The van der Waals surface area contributed by atoms with Crippen molar-refractivity contribution in [2.75, 3.05) is 6.61 Å². The van der Waals surface area contributed by atoms with Crippen LogP contribution in [0.25, 0.3) is 28.4 Å². The summed E-state index contributed by atoms with van der Waals surface area (Å²) in [6, 6.07) is 13.2. The van der Waals surface area contributed by atoms with E-state index in [9.17, 15) is 55.5 Å². The smallest absolute Gasteiger partial charge is 0.330 e. The van der Waals surface area contributed by atoms with Gasteiger partial charge >= 0.3 is 5.97 Å². The fraction of sp³-hybridized carbons (Fsp3) is 0.333. The van der Waals surface area contributed by atoms with Crippen LogP contribution in [0.5, 0.6) is 28.7 Å². The Labute approximate surface area is 299 Å². The Morgan fingerprint density at radius 3 is 2.11 bits per heavy atom. The minimum absolute atomic E-state index is 0.0280. The van der Waals surface area contributed by atoms with Gasteiger partial charge in [0.05, 0.1) is 6.10 Å². The first kappa shape index (κ1) is 37.5. The van der Waals surface area contributed by atoms with E-state index >= 15 is 0 Å². The molecule has 3 aromatic carbocycles. The van der Waals surface area contributed by atoms with Gasteiger partial charge in [-0.05, 0) is 55.0 Å². The van der Waals surface area contributed by atoms with Crippen molar-refractivity contribution in [1.82, 2.24) is 0 Å². The Hall–Kier alpha value is -5.24. The number of esters is 1. The normalized spacial score (nSPS) is 28.9. The molecule has 0 radical (unpaired) electrons. The van der Waals surface area contributed by atoms with Gasteiger partial charge in [0.15, 0.2) is 18.2 Å². The van der Waals surface area contributed by atoms with Gasteiger partial charge in [-0.2, -0.15) is 0 Å². The molecule has 10 unspecified atom stereocenters. The van der Waals surface area contributed by atoms with Crippen LogP contribution in [0.1, 0.15) is 12.5 Å². The van der Waals surface area contributed by atoms with E-state index in [1.807, 2.05) is 0 Å². The largest absolute Gasteiger partial charge is 0.508 e. The third-order valence-corrected chi connectivity index (χ3v) is 8.72. The molecule has 3 heterocycles. The lowest BCUT2D eigenvalue weighted by molar-refractivity contribution is -0.355. The molecule has 2 saturated heterocycles. The van der Waals surface area contributed by atoms with Crippen LogP contribution in [0.4, 0.5) is 0 Å². The van der Waals surface area contributed by atoms with Crippen LogP contribution < -0.4 is 10.2 Å². The molecule has 1 aromatic heterocycles. The van der Waals surface area contributed by atoms with E-state index in [0.29, 0.717) is 5.56 Å². The predicted octanol–water partition coefficient (Wildman–Crippen LogP) is 0.577. The first-order chi connectivity index (χ1) is 25.2. The quantitative estimate of drug-likeness (QED) is 0.0838. The summed E-state index contributed by atoms with van der Waals surface area (Å²) >= 11 is 0. The number of aromatic hydroxyl groups is 4. The van der Waals surface area contributed by atoms with Crippen LogP contribution in [0.3, 0.4) is 0 Å². The Morgan fingerprint density at radius 2 is 1.43 bits per heavy atom. The molecule has 282 valence electrons. The molecule has 0 saturated carbocycles. The van der Waals surface area contributed by atoms with Gasteiger partial charge in [0.1, 0.15) is 77.2 Å². The standard InChI is InChI=1S/C36H36O17/c1-15-26(42)30(46)34(53-35-31(47)29(45)27(43)23(51-35)14-48-24(41)11-4-16-2-7-18(37)8-3-16)36(49-15)52-33-28(44)25-21(40)12-20(39)13-22(25)50-32(33)17-5-9-19(38)10-6-17/h2-13,15,23,26-27,29-31,34-40,42-43,45-47H,14H2,1H3. The summed E-state index contributed by atoms with van der Waals surface area (Å²) in [4.78, 5) is 26.3. The van der Waals surface area contributed by atoms with Gasteiger partial charge in [-0.3, -0.25) is 4.79 Å². The number of hydrogen-bond acceptors (Lipinski definition) is 17. The first-order valence-electron chi connectivity index (χ1n) is 16.2. The van der Waals surface area contributed by atoms with Crippen molar-refractivity contribution in [1.29, 1.82) is 0 Å². The minimum atomic E-state index is -1.97. The summed E-state index contributed by atoms with van der Waals surface area (Å²) in [6.07, 6.45) is -14.8. The molecule has 10 atom stereocenters. The first-order valence-corrected chi connectivity index (χ1v) is 16.2. The van der Waals surface area contributed by atoms with Crippen molar-refractivity contribution >= 4 is 23.0 Å². The van der Waals surface area contributed by atoms with Crippen molar-refractivity contribution in [3.8, 4) is 40.1 Å². The number of benzene rings is 3. The Balaban J connectivity index is 1.27. The Morgan fingerprint density at radius 1 is 0.774 bits per heavy atom. The molecule has 53 heavy (non-hydrogen) atoms. The second kappa shape index (κ2) is 15.4. The summed E-state index contributed by atoms with van der Waals surface area (Å²) in [6.45, 7) is 0.741. The average molecular weight is 741 g/mol. The second-order valence-corrected chi connectivity index (χ2v) is 12.5. The number of fused-ring (bicyclic) bond motifs is 1. The fourth-order valence-electron chi connectivity index (χ4n) is 5.82. The van der Waals surface area contributed by atoms with E-state index in [-0.39, 0.29) is 28.4 Å². The zero-order valence-electron chi connectivity index (χ0n) is 27.7. The van der Waals surface area contributed by atoms with Crippen LogP contribution in [0.2, 0.25) is 0 Å². The zero-order valence-corrected chi connectivity index (χ0v) is 27.7. The maximum atomic E-state index is 13.9. The summed E-state index contributed by atoms with van der Waals surface area (Å²) in [5.41, 5.74) is -0.454. The summed E-state index contributed by atoms with van der Waals surface area (Å²) < 4.78 is 34.3. The molecule has 0 bridgehead atoms. The van der Waals surface area contributed by atoms with Gasteiger partial charge < -0.3 is 74.1 Å². The zero-order chi connectivity index (χ0) is 38.1. The maximum absolute atomic E-state index is 13.9. The lowest BCUT2D eigenvalue weighted by Crippen LogP contribution is -2.64. The fourth-order valence-corrected chi connectivity index (χ4v) is 5.82. The van der Waals surface area contributed by atoms with E-state index in [1.165, 1.54) is 49.4 Å². The number of aliphatic hydroxyl groups is 5. The highest BCUT2D eigenvalue weighted by Gasteiger charge is 2.51. The van der Waals surface area contributed by atoms with Crippen LogP contribution in [-0.4, -0.2) is 120 Å². The summed E-state index contributed by atoms with van der Waals surface area (Å²) in [7, 11) is 0. The van der Waals surface area contributed by atoms with Gasteiger partial charge in [0, 0.05) is 23.8 Å². The van der Waals surface area contributed by atoms with Gasteiger partial charge in [0.25, 0.3) is 0 Å². The molecule has 6 rings (SSSR count).